The van der Waals surface area contributed by atoms with Crippen molar-refractivity contribution in [3.8, 4) is 5.75 Å². The van der Waals surface area contributed by atoms with E-state index in [1.165, 1.54) is 11.0 Å². The lowest BCUT2D eigenvalue weighted by atomic mass is 10.1. The van der Waals surface area contributed by atoms with Crippen LogP contribution in [0, 0.1) is 6.92 Å². The minimum Gasteiger partial charge on any atom is -0.487 e. The summed E-state index contributed by atoms with van der Waals surface area (Å²) >= 11 is 12.3. The van der Waals surface area contributed by atoms with Crippen LogP contribution in [0.1, 0.15) is 16.7 Å². The van der Waals surface area contributed by atoms with Gasteiger partial charge in [0.1, 0.15) is 17.9 Å². The number of carbonyl (C=O) groups is 2. The van der Waals surface area contributed by atoms with Crippen molar-refractivity contribution in [2.75, 3.05) is 4.90 Å². The van der Waals surface area contributed by atoms with E-state index in [-0.39, 0.29) is 10.7 Å². The Morgan fingerprint density at radius 1 is 1.00 bits per heavy atom. The molecule has 0 atom stereocenters. The lowest BCUT2D eigenvalue weighted by Crippen LogP contribution is -2.54. The SMILES string of the molecule is Cc1ccc(N2C(=O)/C(=C/c3cc(Br)c(OCc4ccccc4)c(Br)c3)C(=O)NC2=S)cc1. The van der Waals surface area contributed by atoms with Gasteiger partial charge in [-0.2, -0.15) is 0 Å². The zero-order chi connectivity index (χ0) is 23.5. The third-order valence-corrected chi connectivity index (χ3v) is 6.41. The van der Waals surface area contributed by atoms with Gasteiger partial charge < -0.3 is 4.74 Å². The number of rotatable bonds is 5. The Kier molecular flexibility index (Phi) is 7.07. The number of aryl methyl sites for hydroxylation is 1. The van der Waals surface area contributed by atoms with Crippen molar-refractivity contribution in [2.45, 2.75) is 13.5 Å². The summed E-state index contributed by atoms with van der Waals surface area (Å²) in [5.74, 6) is -0.392. The molecule has 3 aromatic rings. The number of anilines is 1. The Labute approximate surface area is 213 Å². The number of amides is 2. The van der Waals surface area contributed by atoms with Crippen LogP contribution in [0.25, 0.3) is 6.08 Å². The molecular formula is C25H18Br2N2O3S. The molecule has 3 aromatic carbocycles. The first-order valence-corrected chi connectivity index (χ1v) is 12.0. The molecule has 0 aromatic heterocycles. The van der Waals surface area contributed by atoms with E-state index >= 15 is 0 Å². The van der Waals surface area contributed by atoms with E-state index in [4.69, 9.17) is 17.0 Å². The maximum Gasteiger partial charge on any atom is 0.270 e. The predicted octanol–water partition coefficient (Wildman–Crippen LogP) is 5.93. The molecule has 2 amide bonds. The van der Waals surface area contributed by atoms with Crippen molar-refractivity contribution in [1.82, 2.24) is 5.32 Å². The standard InChI is InChI=1S/C25H18Br2N2O3S/c1-15-7-9-18(10-8-15)29-24(31)19(23(30)28-25(29)33)11-17-12-20(26)22(21(27)13-17)32-14-16-5-3-2-4-6-16/h2-13H,14H2,1H3,(H,28,30,33)/b19-11+. The summed E-state index contributed by atoms with van der Waals surface area (Å²) in [7, 11) is 0. The molecule has 33 heavy (non-hydrogen) atoms. The average Bonchev–Trinajstić information content (AvgIpc) is 2.78. The minimum atomic E-state index is -0.537. The van der Waals surface area contributed by atoms with E-state index in [1.807, 2.05) is 49.4 Å². The topological polar surface area (TPSA) is 58.6 Å². The number of ether oxygens (including phenoxy) is 1. The number of nitrogens with one attached hydrogen (secondary N) is 1. The molecule has 0 saturated carbocycles. The summed E-state index contributed by atoms with van der Waals surface area (Å²) in [6, 6.07) is 20.8. The Hall–Kier alpha value is -2.81. The van der Waals surface area contributed by atoms with Crippen LogP contribution in [0.4, 0.5) is 5.69 Å². The van der Waals surface area contributed by atoms with Crippen LogP contribution in [0.15, 0.2) is 81.2 Å². The van der Waals surface area contributed by atoms with Crippen LogP contribution in [-0.4, -0.2) is 16.9 Å². The first kappa shape index (κ1) is 23.4. The molecule has 4 rings (SSSR count). The maximum absolute atomic E-state index is 13.2. The van der Waals surface area contributed by atoms with Gasteiger partial charge in [0.2, 0.25) is 0 Å². The van der Waals surface area contributed by atoms with Crippen molar-refractivity contribution >= 4 is 72.8 Å². The van der Waals surface area contributed by atoms with Gasteiger partial charge in [-0.3, -0.25) is 19.8 Å². The summed E-state index contributed by atoms with van der Waals surface area (Å²) in [4.78, 5) is 27.1. The number of carbonyl (C=O) groups excluding carboxylic acids is 2. The number of halogens is 2. The van der Waals surface area contributed by atoms with Gasteiger partial charge >= 0.3 is 0 Å². The quantitative estimate of drug-likeness (QED) is 0.229. The summed E-state index contributed by atoms with van der Waals surface area (Å²) in [6.07, 6.45) is 1.54. The van der Waals surface area contributed by atoms with E-state index in [0.717, 1.165) is 11.1 Å². The number of benzene rings is 3. The van der Waals surface area contributed by atoms with Gasteiger partial charge in [0.05, 0.1) is 14.6 Å². The smallest absolute Gasteiger partial charge is 0.270 e. The first-order valence-electron chi connectivity index (χ1n) is 9.97. The highest BCUT2D eigenvalue weighted by Gasteiger charge is 2.34. The summed E-state index contributed by atoms with van der Waals surface area (Å²) in [5.41, 5.74) is 3.32. The Morgan fingerprint density at radius 2 is 1.64 bits per heavy atom. The second-order valence-corrected chi connectivity index (χ2v) is 9.48. The van der Waals surface area contributed by atoms with Crippen molar-refractivity contribution in [1.29, 1.82) is 0 Å². The monoisotopic (exact) mass is 584 g/mol. The normalized spacial score (nSPS) is 15.1. The van der Waals surface area contributed by atoms with Crippen LogP contribution < -0.4 is 15.0 Å². The molecule has 0 spiro atoms. The fourth-order valence-electron chi connectivity index (χ4n) is 3.28. The van der Waals surface area contributed by atoms with Crippen LogP contribution in [0.2, 0.25) is 0 Å². The van der Waals surface area contributed by atoms with Crippen molar-refractivity contribution in [3.63, 3.8) is 0 Å². The van der Waals surface area contributed by atoms with Gasteiger partial charge in [0.25, 0.3) is 11.8 Å². The molecule has 1 heterocycles. The van der Waals surface area contributed by atoms with E-state index in [2.05, 4.69) is 37.2 Å². The maximum atomic E-state index is 13.2. The fraction of sp³-hybridized carbons (Fsp3) is 0.0800. The van der Waals surface area contributed by atoms with Gasteiger partial charge in [-0.25, -0.2) is 0 Å². The molecule has 0 radical (unpaired) electrons. The Morgan fingerprint density at radius 3 is 2.27 bits per heavy atom. The number of thiocarbonyl (C=S) groups is 1. The molecule has 1 saturated heterocycles. The van der Waals surface area contributed by atoms with Gasteiger partial charge in [-0.1, -0.05) is 48.0 Å². The molecule has 166 valence electrons. The molecule has 1 fully saturated rings. The number of hydrogen-bond donors (Lipinski definition) is 1. The van der Waals surface area contributed by atoms with Crippen LogP contribution >= 0.6 is 44.1 Å². The van der Waals surface area contributed by atoms with Crippen molar-refractivity contribution in [2.24, 2.45) is 0 Å². The van der Waals surface area contributed by atoms with Gasteiger partial charge in [0.15, 0.2) is 5.11 Å². The molecule has 5 nitrogen and oxygen atoms in total. The van der Waals surface area contributed by atoms with Crippen LogP contribution in [0.5, 0.6) is 5.75 Å². The van der Waals surface area contributed by atoms with Crippen molar-refractivity contribution in [3.05, 3.63) is 97.9 Å². The van der Waals surface area contributed by atoms with Gasteiger partial charge in [-0.15, -0.1) is 0 Å². The zero-order valence-corrected chi connectivity index (χ0v) is 21.5. The van der Waals surface area contributed by atoms with Gasteiger partial charge in [-0.05, 0) is 92.5 Å². The second-order valence-electron chi connectivity index (χ2n) is 7.38. The summed E-state index contributed by atoms with van der Waals surface area (Å²) in [5, 5.41) is 2.66. The molecule has 0 unspecified atom stereocenters. The third kappa shape index (κ3) is 5.24. The third-order valence-electron chi connectivity index (χ3n) is 4.95. The highest BCUT2D eigenvalue weighted by Crippen LogP contribution is 2.36. The second kappa shape index (κ2) is 9.99. The Bertz CT molecular complexity index is 1250. The largest absolute Gasteiger partial charge is 0.487 e. The predicted molar refractivity (Wildman–Crippen MR) is 140 cm³/mol. The van der Waals surface area contributed by atoms with E-state index in [0.29, 0.717) is 32.6 Å². The minimum absolute atomic E-state index is 0.0130. The molecule has 8 heteroatoms. The van der Waals surface area contributed by atoms with Crippen LogP contribution in [-0.2, 0) is 16.2 Å². The van der Waals surface area contributed by atoms with Crippen LogP contribution in [0.3, 0.4) is 0 Å². The fourth-order valence-corrected chi connectivity index (χ4v) is 5.01. The average molecular weight is 586 g/mol. The molecule has 0 bridgehead atoms. The van der Waals surface area contributed by atoms with Gasteiger partial charge in [0, 0.05) is 0 Å². The zero-order valence-electron chi connectivity index (χ0n) is 17.5. The lowest BCUT2D eigenvalue weighted by molar-refractivity contribution is -0.122. The highest BCUT2D eigenvalue weighted by atomic mass is 79.9. The van der Waals surface area contributed by atoms with E-state index < -0.39 is 11.8 Å². The molecule has 1 N–H and O–H groups in total. The summed E-state index contributed by atoms with van der Waals surface area (Å²) < 4.78 is 7.33. The molecular weight excluding hydrogens is 568 g/mol. The lowest BCUT2D eigenvalue weighted by Gasteiger charge is -2.29. The van der Waals surface area contributed by atoms with E-state index in [9.17, 15) is 9.59 Å². The molecule has 1 aliphatic rings. The number of hydrogen-bond acceptors (Lipinski definition) is 4. The Balaban J connectivity index is 1.61. The van der Waals surface area contributed by atoms with Crippen molar-refractivity contribution < 1.29 is 14.3 Å². The van der Waals surface area contributed by atoms with E-state index in [1.54, 1.807) is 24.3 Å². The first-order chi connectivity index (χ1) is 15.8. The highest BCUT2D eigenvalue weighted by molar-refractivity contribution is 9.11. The summed E-state index contributed by atoms with van der Waals surface area (Å²) in [6.45, 7) is 2.36. The molecule has 0 aliphatic carbocycles. The number of nitrogens with zero attached hydrogens (tertiary/aromatic N) is 1. The molecule has 1 aliphatic heterocycles.